The quantitative estimate of drug-likeness (QED) is 0.542. The second kappa shape index (κ2) is 5.19. The van der Waals surface area contributed by atoms with Crippen LogP contribution in [0.1, 0.15) is 16.1 Å². The van der Waals surface area contributed by atoms with E-state index < -0.39 is 5.91 Å². The Hall–Kier alpha value is -2.54. The molecule has 2 heterocycles. The van der Waals surface area contributed by atoms with Crippen molar-refractivity contribution < 1.29 is 4.79 Å². The number of anilines is 2. The predicted molar refractivity (Wildman–Crippen MR) is 66.8 cm³/mol. The molecule has 7 nitrogen and oxygen atoms in total. The van der Waals surface area contributed by atoms with Crippen LogP contribution in [0.15, 0.2) is 30.7 Å². The van der Waals surface area contributed by atoms with Crippen molar-refractivity contribution in [3.63, 3.8) is 0 Å². The maximum Gasteiger partial charge on any atom is 0.277 e. The number of nitrogens with zero attached hydrogens (tertiary/aromatic N) is 3. The largest absolute Gasteiger partial charge is 0.307 e. The molecule has 0 saturated carbocycles. The summed E-state index contributed by atoms with van der Waals surface area (Å²) in [6, 6.07) is 3.60. The van der Waals surface area contributed by atoms with Crippen LogP contribution in [0.3, 0.4) is 0 Å². The zero-order valence-corrected chi connectivity index (χ0v) is 9.71. The molecule has 2 aromatic heterocycles. The van der Waals surface area contributed by atoms with Gasteiger partial charge in [-0.1, -0.05) is 0 Å². The van der Waals surface area contributed by atoms with Gasteiger partial charge in [-0.05, 0) is 24.6 Å². The monoisotopic (exact) mass is 244 g/mol. The summed E-state index contributed by atoms with van der Waals surface area (Å²) in [6.45, 7) is 1.91. The van der Waals surface area contributed by atoms with Crippen molar-refractivity contribution in [3.05, 3.63) is 42.0 Å². The van der Waals surface area contributed by atoms with Crippen LogP contribution in [-0.2, 0) is 0 Å². The van der Waals surface area contributed by atoms with Gasteiger partial charge in [-0.2, -0.15) is 0 Å². The van der Waals surface area contributed by atoms with Crippen molar-refractivity contribution in [3.8, 4) is 0 Å². The fourth-order valence-corrected chi connectivity index (χ4v) is 1.33. The molecule has 0 saturated heterocycles. The number of carbonyl (C=O) groups is 1. The first-order chi connectivity index (χ1) is 8.69. The van der Waals surface area contributed by atoms with Gasteiger partial charge in [0, 0.05) is 6.20 Å². The highest BCUT2D eigenvalue weighted by molar-refractivity contribution is 6.02. The molecule has 2 aromatic rings. The molecule has 0 spiro atoms. The third kappa shape index (κ3) is 2.77. The molecule has 7 heteroatoms. The molecule has 0 fully saturated rings. The number of hydrogen-bond acceptors (Lipinski definition) is 6. The van der Waals surface area contributed by atoms with E-state index in [1.54, 1.807) is 12.3 Å². The lowest BCUT2D eigenvalue weighted by Gasteiger charge is -2.05. The standard InChI is InChI=1S/C11H12N6O/c1-7-2-3-14-9(4-7)16-11(18)8-5-13-6-10(15-8)17-12/h2-6H,12H2,1H3,(H,15,17)(H,14,16,18). The van der Waals surface area contributed by atoms with Crippen LogP contribution < -0.4 is 16.6 Å². The predicted octanol–water partition coefficient (Wildman–Crippen LogP) is 0.718. The van der Waals surface area contributed by atoms with E-state index in [1.807, 2.05) is 13.0 Å². The zero-order chi connectivity index (χ0) is 13.0. The van der Waals surface area contributed by atoms with Crippen LogP contribution in [0.5, 0.6) is 0 Å². The van der Waals surface area contributed by atoms with Gasteiger partial charge < -0.3 is 10.7 Å². The summed E-state index contributed by atoms with van der Waals surface area (Å²) in [4.78, 5) is 23.7. The molecule has 0 radical (unpaired) electrons. The van der Waals surface area contributed by atoms with Crippen molar-refractivity contribution in [1.29, 1.82) is 0 Å². The molecular weight excluding hydrogens is 232 g/mol. The molecule has 4 N–H and O–H groups in total. The highest BCUT2D eigenvalue weighted by Crippen LogP contribution is 2.07. The molecular formula is C11H12N6O. The average molecular weight is 244 g/mol. The van der Waals surface area contributed by atoms with Gasteiger partial charge in [-0.25, -0.2) is 15.8 Å². The Labute approximate surface area is 103 Å². The summed E-state index contributed by atoms with van der Waals surface area (Å²) in [5.41, 5.74) is 3.49. The lowest BCUT2D eigenvalue weighted by Crippen LogP contribution is -2.17. The molecule has 0 aliphatic rings. The van der Waals surface area contributed by atoms with Gasteiger partial charge in [-0.3, -0.25) is 9.78 Å². The van der Waals surface area contributed by atoms with Gasteiger partial charge in [0.15, 0.2) is 5.82 Å². The number of amides is 1. The molecule has 0 aliphatic heterocycles. The Balaban J connectivity index is 2.16. The maximum absolute atomic E-state index is 11.9. The number of pyridine rings is 1. The molecule has 0 aromatic carbocycles. The SMILES string of the molecule is Cc1ccnc(NC(=O)c2cncc(NN)n2)c1. The molecule has 1 amide bonds. The van der Waals surface area contributed by atoms with Gasteiger partial charge in [-0.15, -0.1) is 0 Å². The summed E-state index contributed by atoms with van der Waals surface area (Å²) in [5.74, 6) is 5.59. The topological polar surface area (TPSA) is 106 Å². The third-order valence-corrected chi connectivity index (χ3v) is 2.17. The van der Waals surface area contributed by atoms with E-state index in [9.17, 15) is 4.79 Å². The Morgan fingerprint density at radius 2 is 2.17 bits per heavy atom. The number of nitrogens with one attached hydrogen (secondary N) is 2. The first-order valence-corrected chi connectivity index (χ1v) is 5.21. The molecule has 0 unspecified atom stereocenters. The second-order valence-electron chi connectivity index (χ2n) is 3.61. The Kier molecular flexibility index (Phi) is 3.44. The minimum Gasteiger partial charge on any atom is -0.307 e. The molecule has 92 valence electrons. The summed E-state index contributed by atoms with van der Waals surface area (Å²) in [7, 11) is 0. The highest BCUT2D eigenvalue weighted by Gasteiger charge is 2.09. The molecule has 0 atom stereocenters. The summed E-state index contributed by atoms with van der Waals surface area (Å²) in [5, 5.41) is 2.63. The summed E-state index contributed by atoms with van der Waals surface area (Å²) < 4.78 is 0. The Bertz CT molecular complexity index is 571. The number of aromatic nitrogens is 3. The maximum atomic E-state index is 11.9. The lowest BCUT2D eigenvalue weighted by atomic mass is 10.3. The first-order valence-electron chi connectivity index (χ1n) is 5.21. The summed E-state index contributed by atoms with van der Waals surface area (Å²) in [6.07, 6.45) is 4.39. The minimum atomic E-state index is -0.391. The minimum absolute atomic E-state index is 0.161. The third-order valence-electron chi connectivity index (χ3n) is 2.17. The van der Waals surface area contributed by atoms with Gasteiger partial charge >= 0.3 is 0 Å². The van der Waals surface area contributed by atoms with Gasteiger partial charge in [0.1, 0.15) is 11.5 Å². The Morgan fingerprint density at radius 3 is 2.89 bits per heavy atom. The molecule has 2 rings (SSSR count). The number of nitrogens with two attached hydrogens (primary N) is 1. The number of carbonyl (C=O) groups excluding carboxylic acids is 1. The van der Waals surface area contributed by atoms with Gasteiger partial charge in [0.05, 0.1) is 12.4 Å². The van der Waals surface area contributed by atoms with Crippen molar-refractivity contribution in [2.45, 2.75) is 6.92 Å². The fourth-order valence-electron chi connectivity index (χ4n) is 1.33. The molecule has 0 bridgehead atoms. The van der Waals surface area contributed by atoms with Gasteiger partial charge in [0.2, 0.25) is 0 Å². The lowest BCUT2D eigenvalue weighted by molar-refractivity contribution is 0.102. The number of rotatable bonds is 3. The van der Waals surface area contributed by atoms with Gasteiger partial charge in [0.25, 0.3) is 5.91 Å². The van der Waals surface area contributed by atoms with Crippen LogP contribution in [0.4, 0.5) is 11.6 Å². The van der Waals surface area contributed by atoms with Crippen LogP contribution in [0, 0.1) is 6.92 Å². The Morgan fingerprint density at radius 1 is 1.33 bits per heavy atom. The summed E-state index contributed by atoms with van der Waals surface area (Å²) >= 11 is 0. The highest BCUT2D eigenvalue weighted by atomic mass is 16.1. The number of hydrazine groups is 1. The van der Waals surface area contributed by atoms with Crippen molar-refractivity contribution in [2.75, 3.05) is 10.7 Å². The van der Waals surface area contributed by atoms with E-state index >= 15 is 0 Å². The van der Waals surface area contributed by atoms with E-state index in [2.05, 4.69) is 25.7 Å². The van der Waals surface area contributed by atoms with Crippen molar-refractivity contribution in [1.82, 2.24) is 15.0 Å². The number of nitrogen functional groups attached to an aromatic ring is 1. The molecule has 18 heavy (non-hydrogen) atoms. The van der Waals surface area contributed by atoms with Crippen LogP contribution in [0.2, 0.25) is 0 Å². The molecule has 0 aliphatic carbocycles. The van der Waals surface area contributed by atoms with Crippen LogP contribution >= 0.6 is 0 Å². The first kappa shape index (κ1) is 11.9. The van der Waals surface area contributed by atoms with Crippen LogP contribution in [-0.4, -0.2) is 20.9 Å². The van der Waals surface area contributed by atoms with E-state index in [4.69, 9.17) is 5.84 Å². The zero-order valence-electron chi connectivity index (χ0n) is 9.71. The van der Waals surface area contributed by atoms with E-state index in [1.165, 1.54) is 12.4 Å². The normalized spacial score (nSPS) is 9.89. The number of hydrogen-bond donors (Lipinski definition) is 3. The van der Waals surface area contributed by atoms with Crippen LogP contribution in [0.25, 0.3) is 0 Å². The van der Waals surface area contributed by atoms with Crippen molar-refractivity contribution in [2.24, 2.45) is 5.84 Å². The smallest absolute Gasteiger partial charge is 0.277 e. The average Bonchev–Trinajstić information content (AvgIpc) is 2.39. The van der Waals surface area contributed by atoms with E-state index in [0.29, 0.717) is 11.6 Å². The number of aryl methyl sites for hydroxylation is 1. The second-order valence-corrected chi connectivity index (χ2v) is 3.61. The van der Waals surface area contributed by atoms with Crippen molar-refractivity contribution >= 4 is 17.5 Å². The fraction of sp³-hybridized carbons (Fsp3) is 0.0909. The van der Waals surface area contributed by atoms with E-state index in [0.717, 1.165) is 5.56 Å². The van der Waals surface area contributed by atoms with E-state index in [-0.39, 0.29) is 5.69 Å².